The molecule has 3 rings (SSSR count). The number of rotatable bonds is 3. The highest BCUT2D eigenvalue weighted by atomic mass is 35.5. The molecule has 1 aromatic heterocycles. The molecule has 5 heteroatoms. The molecular weight excluding hydrogens is 296 g/mol. The fraction of sp³-hybridized carbons (Fsp3) is 0.294. The van der Waals surface area contributed by atoms with Crippen molar-refractivity contribution in [3.63, 3.8) is 0 Å². The Bertz CT molecular complexity index is 649. The van der Waals surface area contributed by atoms with E-state index in [1.807, 2.05) is 48.6 Å². The van der Waals surface area contributed by atoms with Gasteiger partial charge >= 0.3 is 0 Å². The molecule has 1 aliphatic rings. The molecule has 0 radical (unpaired) electrons. The smallest absolute Gasteiger partial charge is 0.156 e. The van der Waals surface area contributed by atoms with Crippen molar-refractivity contribution in [2.75, 3.05) is 38.1 Å². The van der Waals surface area contributed by atoms with Gasteiger partial charge in [0.2, 0.25) is 0 Å². The second-order valence-corrected chi connectivity index (χ2v) is 5.83. The van der Waals surface area contributed by atoms with Gasteiger partial charge in [-0.3, -0.25) is 0 Å². The van der Waals surface area contributed by atoms with Gasteiger partial charge in [0, 0.05) is 32.2 Å². The Morgan fingerprint density at radius 1 is 1.00 bits per heavy atom. The quantitative estimate of drug-likeness (QED) is 0.815. The summed E-state index contributed by atoms with van der Waals surface area (Å²) in [5.74, 6) is 1.55. The number of likely N-dealkylation sites (N-methyl/N-ethyl adjacent to an activating group) is 1. The summed E-state index contributed by atoms with van der Waals surface area (Å²) < 4.78 is 0. The van der Waals surface area contributed by atoms with Crippen LogP contribution in [0.15, 0.2) is 36.4 Å². The molecule has 0 N–H and O–H groups in total. The first-order valence-electron chi connectivity index (χ1n) is 7.42. The number of hydrogen-bond donors (Lipinski definition) is 0. The molecule has 0 bridgehead atoms. The molecule has 1 aliphatic heterocycles. The second kappa shape index (κ2) is 6.90. The van der Waals surface area contributed by atoms with Gasteiger partial charge in [-0.2, -0.15) is 0 Å². The van der Waals surface area contributed by atoms with Crippen LogP contribution in [-0.4, -0.2) is 48.1 Å². The molecule has 0 spiro atoms. The molecule has 2 aromatic rings. The first-order chi connectivity index (χ1) is 10.7. The number of aromatic nitrogens is 2. The van der Waals surface area contributed by atoms with Gasteiger partial charge in [0.25, 0.3) is 0 Å². The summed E-state index contributed by atoms with van der Waals surface area (Å²) in [6, 6.07) is 11.9. The molecule has 4 nitrogen and oxygen atoms in total. The van der Waals surface area contributed by atoms with Gasteiger partial charge in [0.1, 0.15) is 11.0 Å². The summed E-state index contributed by atoms with van der Waals surface area (Å²) in [5, 5.41) is 0.483. The average molecular weight is 315 g/mol. The first-order valence-corrected chi connectivity index (χ1v) is 7.80. The molecule has 1 fully saturated rings. The zero-order chi connectivity index (χ0) is 15.4. The zero-order valence-electron chi connectivity index (χ0n) is 12.6. The van der Waals surface area contributed by atoms with Crippen molar-refractivity contribution in [3.05, 3.63) is 52.9 Å². The molecule has 1 aromatic carbocycles. The van der Waals surface area contributed by atoms with E-state index in [-0.39, 0.29) is 0 Å². The van der Waals surface area contributed by atoms with Crippen molar-refractivity contribution >= 4 is 29.6 Å². The Labute approximate surface area is 136 Å². The highest BCUT2D eigenvalue weighted by Gasteiger charge is 2.16. The predicted molar refractivity (Wildman–Crippen MR) is 92.1 cm³/mol. The largest absolute Gasteiger partial charge is 0.354 e. The van der Waals surface area contributed by atoms with Crippen molar-refractivity contribution in [2.24, 2.45) is 0 Å². The molecule has 0 aliphatic carbocycles. The summed E-state index contributed by atoms with van der Waals surface area (Å²) >= 11 is 6.16. The van der Waals surface area contributed by atoms with Crippen LogP contribution in [0.2, 0.25) is 5.15 Å². The van der Waals surface area contributed by atoms with E-state index in [2.05, 4.69) is 26.8 Å². The van der Waals surface area contributed by atoms with Crippen LogP contribution < -0.4 is 4.90 Å². The third kappa shape index (κ3) is 3.84. The summed E-state index contributed by atoms with van der Waals surface area (Å²) in [6.07, 6.45) is 3.90. The fourth-order valence-corrected chi connectivity index (χ4v) is 2.61. The molecule has 0 saturated carbocycles. The van der Waals surface area contributed by atoms with Gasteiger partial charge in [-0.15, -0.1) is 0 Å². The third-order valence-corrected chi connectivity index (χ3v) is 3.94. The second-order valence-electron chi connectivity index (χ2n) is 5.44. The summed E-state index contributed by atoms with van der Waals surface area (Å²) in [7, 11) is 2.14. The third-order valence-electron chi connectivity index (χ3n) is 3.75. The Morgan fingerprint density at radius 3 is 2.45 bits per heavy atom. The Balaban J connectivity index is 1.79. The maximum atomic E-state index is 6.16. The number of anilines is 1. The normalized spacial score (nSPS) is 16.4. The summed E-state index contributed by atoms with van der Waals surface area (Å²) in [5.41, 5.74) is 1.12. The lowest BCUT2D eigenvalue weighted by molar-refractivity contribution is 0.312. The van der Waals surface area contributed by atoms with Crippen LogP contribution >= 0.6 is 11.6 Å². The van der Waals surface area contributed by atoms with E-state index in [4.69, 9.17) is 11.6 Å². The van der Waals surface area contributed by atoms with Gasteiger partial charge in [-0.1, -0.05) is 48.0 Å². The van der Waals surface area contributed by atoms with E-state index in [1.165, 1.54) is 0 Å². The minimum Gasteiger partial charge on any atom is -0.354 e. The SMILES string of the molecule is CN1CCN(c2cc(Cl)nc(/C=C/c3ccccc3)n2)CC1. The number of nitrogens with zero attached hydrogens (tertiary/aromatic N) is 4. The molecule has 114 valence electrons. The Hall–Kier alpha value is -1.91. The summed E-state index contributed by atoms with van der Waals surface area (Å²) in [6.45, 7) is 4.00. The van der Waals surface area contributed by atoms with Crippen LogP contribution in [0, 0.1) is 0 Å². The van der Waals surface area contributed by atoms with Crippen molar-refractivity contribution < 1.29 is 0 Å². The Kier molecular flexibility index (Phi) is 4.71. The van der Waals surface area contributed by atoms with E-state index in [9.17, 15) is 0 Å². The number of piperazine rings is 1. The van der Waals surface area contributed by atoms with Crippen molar-refractivity contribution in [1.29, 1.82) is 0 Å². The van der Waals surface area contributed by atoms with Gasteiger partial charge < -0.3 is 9.80 Å². The van der Waals surface area contributed by atoms with Crippen LogP contribution in [0.4, 0.5) is 5.82 Å². The average Bonchev–Trinajstić information content (AvgIpc) is 2.54. The first kappa shape index (κ1) is 15.0. The van der Waals surface area contributed by atoms with Crippen molar-refractivity contribution in [2.45, 2.75) is 0 Å². The molecule has 0 atom stereocenters. The van der Waals surface area contributed by atoms with E-state index in [1.54, 1.807) is 0 Å². The topological polar surface area (TPSA) is 32.3 Å². The van der Waals surface area contributed by atoms with Gasteiger partial charge in [-0.25, -0.2) is 9.97 Å². The van der Waals surface area contributed by atoms with Crippen LogP contribution in [-0.2, 0) is 0 Å². The Morgan fingerprint density at radius 2 is 1.73 bits per heavy atom. The highest BCUT2D eigenvalue weighted by molar-refractivity contribution is 6.29. The standard InChI is InChI=1S/C17H19ClN4/c1-21-9-11-22(12-10-21)17-13-15(18)19-16(20-17)8-7-14-5-3-2-4-6-14/h2-8,13H,9-12H2,1H3/b8-7+. The molecule has 2 heterocycles. The van der Waals surface area contributed by atoms with Crippen LogP contribution in [0.3, 0.4) is 0 Å². The van der Waals surface area contributed by atoms with Crippen LogP contribution in [0.5, 0.6) is 0 Å². The van der Waals surface area contributed by atoms with Crippen LogP contribution in [0.1, 0.15) is 11.4 Å². The minimum absolute atomic E-state index is 0.483. The molecule has 1 saturated heterocycles. The van der Waals surface area contributed by atoms with Crippen molar-refractivity contribution in [3.8, 4) is 0 Å². The maximum absolute atomic E-state index is 6.16. The number of halogens is 1. The van der Waals surface area contributed by atoms with E-state index in [0.29, 0.717) is 11.0 Å². The van der Waals surface area contributed by atoms with E-state index in [0.717, 1.165) is 37.6 Å². The molecule has 22 heavy (non-hydrogen) atoms. The lowest BCUT2D eigenvalue weighted by Crippen LogP contribution is -2.44. The predicted octanol–water partition coefficient (Wildman–Crippen LogP) is 3.05. The van der Waals surface area contributed by atoms with Gasteiger partial charge in [0.05, 0.1) is 0 Å². The minimum atomic E-state index is 0.483. The number of benzene rings is 1. The maximum Gasteiger partial charge on any atom is 0.156 e. The van der Waals surface area contributed by atoms with Gasteiger partial charge in [0.15, 0.2) is 5.82 Å². The highest BCUT2D eigenvalue weighted by Crippen LogP contribution is 2.18. The molecule has 0 amide bonds. The zero-order valence-corrected chi connectivity index (χ0v) is 13.4. The van der Waals surface area contributed by atoms with Gasteiger partial charge in [-0.05, 0) is 18.7 Å². The number of hydrogen-bond acceptors (Lipinski definition) is 4. The van der Waals surface area contributed by atoms with Crippen molar-refractivity contribution in [1.82, 2.24) is 14.9 Å². The fourth-order valence-electron chi connectivity index (χ4n) is 2.43. The summed E-state index contributed by atoms with van der Waals surface area (Å²) in [4.78, 5) is 13.5. The van der Waals surface area contributed by atoms with E-state index < -0.39 is 0 Å². The molecule has 0 unspecified atom stereocenters. The van der Waals surface area contributed by atoms with Crippen LogP contribution in [0.25, 0.3) is 12.2 Å². The lowest BCUT2D eigenvalue weighted by atomic mass is 10.2. The van der Waals surface area contributed by atoms with E-state index >= 15 is 0 Å². The molecular formula is C17H19ClN4. The monoisotopic (exact) mass is 314 g/mol. The lowest BCUT2D eigenvalue weighted by Gasteiger charge is -2.33.